The Morgan fingerprint density at radius 3 is 2.84 bits per heavy atom. The van der Waals surface area contributed by atoms with Gasteiger partial charge in [-0.25, -0.2) is 4.98 Å². The van der Waals surface area contributed by atoms with E-state index in [0.717, 1.165) is 15.3 Å². The summed E-state index contributed by atoms with van der Waals surface area (Å²) in [5.41, 5.74) is 8.85. The summed E-state index contributed by atoms with van der Waals surface area (Å²) >= 11 is 1.58. The van der Waals surface area contributed by atoms with E-state index in [4.69, 9.17) is 5.73 Å². The highest BCUT2D eigenvalue weighted by Crippen LogP contribution is 2.33. The minimum Gasteiger partial charge on any atom is -0.368 e. The minimum absolute atomic E-state index is 0.254. The fourth-order valence-corrected chi connectivity index (χ4v) is 2.88. The van der Waals surface area contributed by atoms with Crippen molar-refractivity contribution in [3.05, 3.63) is 35.5 Å². The van der Waals surface area contributed by atoms with Gasteiger partial charge in [0, 0.05) is 4.90 Å². The molecule has 0 unspecified atom stereocenters. The van der Waals surface area contributed by atoms with Crippen molar-refractivity contribution < 1.29 is 0 Å². The SMILES string of the molecule is Cc1ccc(Sc2nc(N)nc3[nH]ncc23)c(C)c1. The van der Waals surface area contributed by atoms with E-state index in [1.54, 1.807) is 18.0 Å². The van der Waals surface area contributed by atoms with Crippen LogP contribution in [0.3, 0.4) is 0 Å². The van der Waals surface area contributed by atoms with E-state index in [2.05, 4.69) is 52.2 Å². The smallest absolute Gasteiger partial charge is 0.223 e. The Hall–Kier alpha value is -2.08. The standard InChI is InChI=1S/C13H13N5S/c1-7-3-4-10(8(2)5-7)19-12-9-6-15-18-11(9)16-13(14)17-12/h3-6H,1-2H3,(H3,14,15,16,17,18). The molecular formula is C13H13N5S. The summed E-state index contributed by atoms with van der Waals surface area (Å²) < 4.78 is 0. The Kier molecular flexibility index (Phi) is 2.87. The molecule has 0 aliphatic heterocycles. The van der Waals surface area contributed by atoms with Crippen LogP contribution in [0, 0.1) is 13.8 Å². The van der Waals surface area contributed by atoms with Crippen molar-refractivity contribution in [3.63, 3.8) is 0 Å². The topological polar surface area (TPSA) is 80.5 Å². The number of nitrogen functional groups attached to an aromatic ring is 1. The molecule has 0 aliphatic carbocycles. The molecule has 0 aliphatic rings. The third kappa shape index (κ3) is 2.26. The summed E-state index contributed by atoms with van der Waals surface area (Å²) in [6.07, 6.45) is 1.72. The summed E-state index contributed by atoms with van der Waals surface area (Å²) in [5, 5.41) is 8.51. The lowest BCUT2D eigenvalue weighted by molar-refractivity contribution is 1.08. The molecule has 1 aromatic carbocycles. The quantitative estimate of drug-likeness (QED) is 0.700. The van der Waals surface area contributed by atoms with Crippen LogP contribution in [0.25, 0.3) is 11.0 Å². The van der Waals surface area contributed by atoms with Crippen molar-refractivity contribution in [2.24, 2.45) is 0 Å². The molecule has 0 atom stereocenters. The lowest BCUT2D eigenvalue weighted by atomic mass is 10.2. The van der Waals surface area contributed by atoms with Crippen LogP contribution in [0.4, 0.5) is 5.95 Å². The van der Waals surface area contributed by atoms with Gasteiger partial charge in [0.15, 0.2) is 5.65 Å². The van der Waals surface area contributed by atoms with Gasteiger partial charge in [-0.2, -0.15) is 10.1 Å². The van der Waals surface area contributed by atoms with Crippen LogP contribution in [0.2, 0.25) is 0 Å². The Morgan fingerprint density at radius 2 is 2.05 bits per heavy atom. The summed E-state index contributed by atoms with van der Waals surface area (Å²) in [6, 6.07) is 6.34. The van der Waals surface area contributed by atoms with E-state index < -0.39 is 0 Å². The molecule has 3 N–H and O–H groups in total. The van der Waals surface area contributed by atoms with Crippen LogP contribution in [0.1, 0.15) is 11.1 Å². The van der Waals surface area contributed by atoms with Gasteiger partial charge in [0.1, 0.15) is 5.03 Å². The zero-order valence-corrected chi connectivity index (χ0v) is 11.5. The molecule has 3 rings (SSSR count). The number of hydrogen-bond acceptors (Lipinski definition) is 5. The number of nitrogens with zero attached hydrogens (tertiary/aromatic N) is 3. The predicted octanol–water partition coefficient (Wildman–Crippen LogP) is 2.70. The van der Waals surface area contributed by atoms with E-state index in [0.29, 0.717) is 5.65 Å². The molecule has 19 heavy (non-hydrogen) atoms. The number of anilines is 1. The Balaban J connectivity index is 2.07. The number of hydrogen-bond donors (Lipinski definition) is 2. The van der Waals surface area contributed by atoms with Gasteiger partial charge >= 0.3 is 0 Å². The first-order valence-corrected chi connectivity index (χ1v) is 6.67. The average Bonchev–Trinajstić information content (AvgIpc) is 2.80. The third-order valence-electron chi connectivity index (χ3n) is 2.83. The number of aryl methyl sites for hydroxylation is 2. The number of benzene rings is 1. The van der Waals surface area contributed by atoms with Crippen LogP contribution in [0.5, 0.6) is 0 Å². The second-order valence-corrected chi connectivity index (χ2v) is 5.42. The molecule has 5 nitrogen and oxygen atoms in total. The molecule has 0 spiro atoms. The van der Waals surface area contributed by atoms with Gasteiger partial charge in [0.2, 0.25) is 5.95 Å². The van der Waals surface area contributed by atoms with E-state index in [-0.39, 0.29) is 5.95 Å². The Morgan fingerprint density at radius 1 is 1.21 bits per heavy atom. The number of H-pyrrole nitrogens is 1. The first-order chi connectivity index (χ1) is 9.13. The van der Waals surface area contributed by atoms with Crippen LogP contribution in [-0.4, -0.2) is 20.2 Å². The van der Waals surface area contributed by atoms with E-state index in [1.807, 2.05) is 0 Å². The first-order valence-electron chi connectivity index (χ1n) is 5.85. The van der Waals surface area contributed by atoms with Crippen molar-refractivity contribution in [2.45, 2.75) is 23.8 Å². The zero-order chi connectivity index (χ0) is 13.4. The zero-order valence-electron chi connectivity index (χ0n) is 10.6. The molecule has 0 saturated heterocycles. The number of fused-ring (bicyclic) bond motifs is 1. The maximum absolute atomic E-state index is 5.72. The molecule has 0 amide bonds. The van der Waals surface area contributed by atoms with Gasteiger partial charge < -0.3 is 5.73 Å². The number of nitrogens with one attached hydrogen (secondary N) is 1. The van der Waals surface area contributed by atoms with Gasteiger partial charge in [-0.05, 0) is 25.5 Å². The van der Waals surface area contributed by atoms with Crippen molar-refractivity contribution in [1.82, 2.24) is 20.2 Å². The summed E-state index contributed by atoms with van der Waals surface area (Å²) in [5.74, 6) is 0.254. The molecule has 0 fully saturated rings. The van der Waals surface area contributed by atoms with Gasteiger partial charge in [0.05, 0.1) is 11.6 Å². The van der Waals surface area contributed by atoms with E-state index >= 15 is 0 Å². The molecule has 2 heterocycles. The number of aromatic nitrogens is 4. The predicted molar refractivity (Wildman–Crippen MR) is 76.1 cm³/mol. The molecule has 0 saturated carbocycles. The van der Waals surface area contributed by atoms with Gasteiger partial charge in [-0.3, -0.25) is 5.10 Å². The highest BCUT2D eigenvalue weighted by atomic mass is 32.2. The number of rotatable bonds is 2. The second kappa shape index (κ2) is 4.55. The third-order valence-corrected chi connectivity index (χ3v) is 4.01. The minimum atomic E-state index is 0.254. The lowest BCUT2D eigenvalue weighted by Crippen LogP contribution is -1.96. The second-order valence-electron chi connectivity index (χ2n) is 4.39. The van der Waals surface area contributed by atoms with Crippen molar-refractivity contribution >= 4 is 28.7 Å². The normalized spacial score (nSPS) is 11.1. The largest absolute Gasteiger partial charge is 0.368 e. The van der Waals surface area contributed by atoms with Crippen molar-refractivity contribution in [2.75, 3.05) is 5.73 Å². The molecular weight excluding hydrogens is 258 g/mol. The first kappa shape index (κ1) is 12.0. The molecule has 0 bridgehead atoms. The summed E-state index contributed by atoms with van der Waals surface area (Å²) in [4.78, 5) is 9.57. The van der Waals surface area contributed by atoms with Gasteiger partial charge in [-0.1, -0.05) is 29.5 Å². The Bertz CT molecular complexity index is 750. The average molecular weight is 271 g/mol. The monoisotopic (exact) mass is 271 g/mol. The molecule has 96 valence electrons. The van der Waals surface area contributed by atoms with Crippen LogP contribution >= 0.6 is 11.8 Å². The highest BCUT2D eigenvalue weighted by Gasteiger charge is 2.10. The highest BCUT2D eigenvalue weighted by molar-refractivity contribution is 7.99. The maximum atomic E-state index is 5.72. The fourth-order valence-electron chi connectivity index (χ4n) is 1.92. The van der Waals surface area contributed by atoms with Crippen molar-refractivity contribution in [3.8, 4) is 0 Å². The van der Waals surface area contributed by atoms with E-state index in [1.165, 1.54) is 11.1 Å². The molecule has 2 aromatic heterocycles. The lowest BCUT2D eigenvalue weighted by Gasteiger charge is -2.07. The maximum Gasteiger partial charge on any atom is 0.223 e. The fraction of sp³-hybridized carbons (Fsp3) is 0.154. The molecule has 0 radical (unpaired) electrons. The number of nitrogens with two attached hydrogens (primary N) is 1. The van der Waals surface area contributed by atoms with Crippen molar-refractivity contribution in [1.29, 1.82) is 0 Å². The molecule has 3 aromatic rings. The van der Waals surface area contributed by atoms with Crippen LogP contribution < -0.4 is 5.73 Å². The summed E-state index contributed by atoms with van der Waals surface area (Å²) in [6.45, 7) is 4.17. The van der Waals surface area contributed by atoms with E-state index in [9.17, 15) is 0 Å². The van der Waals surface area contributed by atoms with Crippen LogP contribution in [0.15, 0.2) is 34.3 Å². The van der Waals surface area contributed by atoms with Gasteiger partial charge in [-0.15, -0.1) is 0 Å². The van der Waals surface area contributed by atoms with Crippen LogP contribution in [-0.2, 0) is 0 Å². The molecule has 6 heteroatoms. The Labute approximate surface area is 114 Å². The number of aromatic amines is 1. The summed E-state index contributed by atoms with van der Waals surface area (Å²) in [7, 11) is 0. The van der Waals surface area contributed by atoms with Gasteiger partial charge in [0.25, 0.3) is 0 Å².